The molecule has 0 radical (unpaired) electrons. The van der Waals surface area contributed by atoms with Gasteiger partial charge in [-0.05, 0) is 43.3 Å². The molecular formula is C23H18FN3O3S2. The van der Waals surface area contributed by atoms with E-state index in [1.807, 2.05) is 36.6 Å². The molecule has 1 heterocycles. The molecule has 4 rings (SSSR count). The van der Waals surface area contributed by atoms with Crippen LogP contribution in [-0.4, -0.2) is 19.7 Å². The summed E-state index contributed by atoms with van der Waals surface area (Å²) in [7, 11) is 0. The summed E-state index contributed by atoms with van der Waals surface area (Å²) in [5, 5.41) is 5.00. The number of nitrogens with zero attached hydrogens (tertiary/aromatic N) is 2. The number of hydrogen-bond acceptors (Lipinski definition) is 4. The summed E-state index contributed by atoms with van der Waals surface area (Å²) in [6.07, 6.45) is 0. The van der Waals surface area contributed by atoms with Crippen LogP contribution < -0.4 is 9.62 Å². The minimum absolute atomic E-state index is 0.173. The van der Waals surface area contributed by atoms with Crippen molar-refractivity contribution in [3.63, 3.8) is 0 Å². The van der Waals surface area contributed by atoms with Gasteiger partial charge in [0.1, 0.15) is 5.82 Å². The molecule has 2 N–H and O–H groups in total. The molecule has 1 unspecified atom stereocenters. The van der Waals surface area contributed by atoms with Gasteiger partial charge in [0.15, 0.2) is 5.13 Å². The maximum Gasteiger partial charge on any atom is 0.266 e. The highest BCUT2D eigenvalue weighted by Crippen LogP contribution is 2.31. The van der Waals surface area contributed by atoms with Crippen molar-refractivity contribution in [2.45, 2.75) is 6.92 Å². The number of aryl methyl sites for hydroxylation is 1. The minimum Gasteiger partial charge on any atom is -0.298 e. The average Bonchev–Trinajstić information content (AvgIpc) is 3.24. The van der Waals surface area contributed by atoms with Gasteiger partial charge in [-0.2, -0.15) is 0 Å². The second-order valence-electron chi connectivity index (χ2n) is 6.88. The van der Waals surface area contributed by atoms with Crippen molar-refractivity contribution in [1.82, 2.24) is 4.98 Å². The Morgan fingerprint density at radius 3 is 2.44 bits per heavy atom. The molecule has 1 amide bonds. The highest BCUT2D eigenvalue weighted by molar-refractivity contribution is 7.81. The fourth-order valence-electron chi connectivity index (χ4n) is 3.09. The van der Waals surface area contributed by atoms with Gasteiger partial charge in [0.05, 0.1) is 22.6 Å². The molecule has 0 saturated carbocycles. The Labute approximate surface area is 190 Å². The van der Waals surface area contributed by atoms with Gasteiger partial charge in [-0.1, -0.05) is 42.0 Å². The van der Waals surface area contributed by atoms with Crippen LogP contribution in [0.5, 0.6) is 0 Å². The molecule has 1 atom stereocenters. The van der Waals surface area contributed by atoms with Crippen LogP contribution in [0.1, 0.15) is 15.9 Å². The Hall–Kier alpha value is -3.40. The minimum atomic E-state index is -2.49. The van der Waals surface area contributed by atoms with E-state index in [4.69, 9.17) is 0 Å². The third-order valence-corrected chi connectivity index (χ3v) is 6.13. The molecule has 0 aliphatic rings. The average molecular weight is 468 g/mol. The van der Waals surface area contributed by atoms with E-state index in [0.717, 1.165) is 21.1 Å². The Bertz CT molecular complexity index is 1270. The Balaban J connectivity index is 1.62. The van der Waals surface area contributed by atoms with E-state index in [9.17, 15) is 17.9 Å². The lowest BCUT2D eigenvalue weighted by Crippen LogP contribution is -2.23. The smallest absolute Gasteiger partial charge is 0.266 e. The summed E-state index contributed by atoms with van der Waals surface area (Å²) in [5.41, 5.74) is 3.46. The van der Waals surface area contributed by atoms with Crippen molar-refractivity contribution >= 4 is 45.0 Å². The third-order valence-electron chi connectivity index (χ3n) is 4.66. The fourth-order valence-corrected chi connectivity index (χ4v) is 4.43. The number of benzene rings is 3. The summed E-state index contributed by atoms with van der Waals surface area (Å²) < 4.78 is 36.4. The van der Waals surface area contributed by atoms with E-state index >= 15 is 0 Å². The molecule has 1 aromatic heterocycles. The summed E-state index contributed by atoms with van der Waals surface area (Å²) in [4.78, 5) is 17.5. The predicted octanol–water partition coefficient (Wildman–Crippen LogP) is 5.78. The van der Waals surface area contributed by atoms with Crippen molar-refractivity contribution in [1.29, 1.82) is 0 Å². The van der Waals surface area contributed by atoms with Crippen molar-refractivity contribution in [2.75, 3.05) is 9.62 Å². The summed E-state index contributed by atoms with van der Waals surface area (Å²) in [6, 6.07) is 19.4. The molecule has 6 nitrogen and oxygen atoms in total. The van der Waals surface area contributed by atoms with Gasteiger partial charge in [-0.15, -0.1) is 11.3 Å². The molecule has 32 heavy (non-hydrogen) atoms. The van der Waals surface area contributed by atoms with E-state index in [0.29, 0.717) is 5.13 Å². The third kappa shape index (κ3) is 4.75. The van der Waals surface area contributed by atoms with E-state index in [-0.39, 0.29) is 16.9 Å². The molecule has 0 spiro atoms. The number of anilines is 3. The van der Waals surface area contributed by atoms with Gasteiger partial charge in [0.25, 0.3) is 17.2 Å². The largest absolute Gasteiger partial charge is 0.298 e. The molecular weight excluding hydrogens is 449 g/mol. The second-order valence-corrected chi connectivity index (χ2v) is 8.56. The highest BCUT2D eigenvalue weighted by Gasteiger charge is 2.22. The molecule has 0 saturated heterocycles. The first kappa shape index (κ1) is 21.8. The first-order valence-corrected chi connectivity index (χ1v) is 11.5. The molecule has 3 aromatic carbocycles. The maximum atomic E-state index is 13.3. The van der Waals surface area contributed by atoms with Crippen LogP contribution in [0.4, 0.5) is 20.9 Å². The van der Waals surface area contributed by atoms with Gasteiger partial charge in [0, 0.05) is 10.9 Å². The lowest BCUT2D eigenvalue weighted by atomic mass is 10.1. The Morgan fingerprint density at radius 2 is 1.75 bits per heavy atom. The SMILES string of the molecule is Cc1ccc(-c2csc(NC(=O)c3ccccc3N(c3ccc(F)cc3)S(=O)O)n2)cc1. The molecule has 0 aliphatic carbocycles. The van der Waals surface area contributed by atoms with Crippen molar-refractivity contribution in [2.24, 2.45) is 0 Å². The number of halogens is 1. The molecule has 0 bridgehead atoms. The van der Waals surface area contributed by atoms with Gasteiger partial charge in [-0.25, -0.2) is 17.9 Å². The molecule has 4 aromatic rings. The quantitative estimate of drug-likeness (QED) is 0.352. The lowest BCUT2D eigenvalue weighted by molar-refractivity contribution is 0.102. The predicted molar refractivity (Wildman–Crippen MR) is 126 cm³/mol. The number of carbonyl (C=O) groups excluding carboxylic acids is 1. The summed E-state index contributed by atoms with van der Waals surface area (Å²) >= 11 is -1.21. The van der Waals surface area contributed by atoms with Crippen molar-refractivity contribution in [3.8, 4) is 11.3 Å². The molecule has 0 fully saturated rings. The van der Waals surface area contributed by atoms with Crippen LogP contribution in [0, 0.1) is 12.7 Å². The van der Waals surface area contributed by atoms with Crippen LogP contribution >= 0.6 is 11.3 Å². The number of nitrogens with one attached hydrogen (secondary N) is 1. The zero-order valence-corrected chi connectivity index (χ0v) is 18.5. The zero-order chi connectivity index (χ0) is 22.7. The number of para-hydroxylation sites is 1. The molecule has 0 aliphatic heterocycles. The molecule has 162 valence electrons. The zero-order valence-electron chi connectivity index (χ0n) is 16.9. The lowest BCUT2D eigenvalue weighted by Gasteiger charge is -2.22. The summed E-state index contributed by atoms with van der Waals surface area (Å²) in [5.74, 6) is -0.959. The van der Waals surface area contributed by atoms with E-state index in [1.165, 1.54) is 35.6 Å². The Kier molecular flexibility index (Phi) is 6.40. The van der Waals surface area contributed by atoms with Crippen LogP contribution in [-0.2, 0) is 11.3 Å². The van der Waals surface area contributed by atoms with Gasteiger partial charge in [-0.3, -0.25) is 14.7 Å². The van der Waals surface area contributed by atoms with E-state index < -0.39 is 23.0 Å². The van der Waals surface area contributed by atoms with Crippen LogP contribution in [0.2, 0.25) is 0 Å². The van der Waals surface area contributed by atoms with Crippen LogP contribution in [0.3, 0.4) is 0 Å². The van der Waals surface area contributed by atoms with Crippen LogP contribution in [0.25, 0.3) is 11.3 Å². The first-order chi connectivity index (χ1) is 15.4. The van der Waals surface area contributed by atoms with Crippen molar-refractivity contribution < 1.29 is 17.9 Å². The number of carbonyl (C=O) groups is 1. The topological polar surface area (TPSA) is 82.5 Å². The number of hydrogen-bond donors (Lipinski definition) is 2. The van der Waals surface area contributed by atoms with Gasteiger partial charge < -0.3 is 0 Å². The highest BCUT2D eigenvalue weighted by atomic mass is 32.2. The monoisotopic (exact) mass is 467 g/mol. The first-order valence-electron chi connectivity index (χ1n) is 9.52. The van der Waals surface area contributed by atoms with Crippen LogP contribution in [0.15, 0.2) is 78.2 Å². The van der Waals surface area contributed by atoms with E-state index in [2.05, 4.69) is 10.3 Å². The summed E-state index contributed by atoms with van der Waals surface area (Å²) in [6.45, 7) is 2.00. The van der Waals surface area contributed by atoms with E-state index in [1.54, 1.807) is 24.3 Å². The normalized spacial score (nSPS) is 11.7. The van der Waals surface area contributed by atoms with Gasteiger partial charge >= 0.3 is 0 Å². The van der Waals surface area contributed by atoms with Crippen molar-refractivity contribution in [3.05, 3.63) is 95.1 Å². The fraction of sp³-hybridized carbons (Fsp3) is 0.0435. The second kappa shape index (κ2) is 9.39. The number of thiazole rings is 1. The number of aromatic nitrogens is 1. The maximum absolute atomic E-state index is 13.3. The standard InChI is InChI=1S/C23H18FN3O3S2/c1-15-6-8-16(9-7-15)20-14-31-23(25-20)26-22(28)19-4-2-3-5-21(19)27(32(29)30)18-12-10-17(24)11-13-18/h2-14H,1H3,(H,29,30)(H,25,26,28). The molecule has 9 heteroatoms. The Morgan fingerprint density at radius 1 is 1.06 bits per heavy atom. The van der Waals surface area contributed by atoms with Gasteiger partial charge in [0.2, 0.25) is 0 Å². The number of amides is 1. The number of rotatable bonds is 6.